The van der Waals surface area contributed by atoms with Crippen molar-refractivity contribution in [3.63, 3.8) is 0 Å². The van der Waals surface area contributed by atoms with Gasteiger partial charge in [0.05, 0.1) is 18.2 Å². The van der Waals surface area contributed by atoms with Gasteiger partial charge in [-0.2, -0.15) is 9.65 Å². The molecule has 0 aliphatic carbocycles. The van der Waals surface area contributed by atoms with Crippen LogP contribution in [0.5, 0.6) is 0 Å². The highest BCUT2D eigenvalue weighted by atomic mass is 32.1. The molecule has 0 saturated carbocycles. The molecule has 0 radical (unpaired) electrons. The zero-order valence-corrected chi connectivity index (χ0v) is 7.94. The van der Waals surface area contributed by atoms with E-state index in [1.165, 1.54) is 6.07 Å². The molecule has 0 spiro atoms. The van der Waals surface area contributed by atoms with E-state index in [1.807, 2.05) is 6.07 Å². The lowest BCUT2D eigenvalue weighted by atomic mass is 10.1. The Balaban J connectivity index is 2.80. The summed E-state index contributed by atoms with van der Waals surface area (Å²) >= 11 is 0.982. The number of hydrogen-bond donors (Lipinski definition) is 1. The molecule has 1 N–H and O–H groups in total. The second-order valence-electron chi connectivity index (χ2n) is 2.88. The van der Waals surface area contributed by atoms with Gasteiger partial charge in [-0.3, -0.25) is 0 Å². The van der Waals surface area contributed by atoms with Gasteiger partial charge in [-0.1, -0.05) is 0 Å². The van der Waals surface area contributed by atoms with E-state index >= 15 is 0 Å². The molecular formula is C10H6FNOS. The highest BCUT2D eigenvalue weighted by molar-refractivity contribution is 7.17. The lowest BCUT2D eigenvalue weighted by Gasteiger charge is -1.97. The van der Waals surface area contributed by atoms with Crippen LogP contribution in [-0.2, 0) is 6.61 Å². The SMILES string of the molecule is N#Cc1cc(CO)cc2sc(F)cc12. The molecule has 0 unspecified atom stereocenters. The Morgan fingerprint density at radius 2 is 2.21 bits per heavy atom. The van der Waals surface area contributed by atoms with Crippen molar-refractivity contribution >= 4 is 21.4 Å². The molecule has 0 aliphatic rings. The predicted octanol–water partition coefficient (Wildman–Crippen LogP) is 2.40. The molecule has 0 fully saturated rings. The van der Waals surface area contributed by atoms with Gasteiger partial charge in [-0.05, 0) is 23.8 Å². The van der Waals surface area contributed by atoms with E-state index < -0.39 is 0 Å². The lowest BCUT2D eigenvalue weighted by molar-refractivity contribution is 0.282. The number of aliphatic hydroxyl groups excluding tert-OH is 1. The molecule has 70 valence electrons. The van der Waals surface area contributed by atoms with Crippen molar-refractivity contribution in [1.29, 1.82) is 5.26 Å². The minimum Gasteiger partial charge on any atom is -0.392 e. The van der Waals surface area contributed by atoms with E-state index in [0.717, 1.165) is 11.3 Å². The zero-order valence-electron chi connectivity index (χ0n) is 7.12. The Bertz CT molecular complexity index is 527. The van der Waals surface area contributed by atoms with Crippen LogP contribution in [0.25, 0.3) is 10.1 Å². The van der Waals surface area contributed by atoms with Crippen molar-refractivity contribution in [2.75, 3.05) is 0 Å². The first-order valence-corrected chi connectivity index (χ1v) is 4.79. The number of halogens is 1. The molecule has 2 nitrogen and oxygen atoms in total. The molecule has 0 saturated heterocycles. The smallest absolute Gasteiger partial charge is 0.177 e. The summed E-state index contributed by atoms with van der Waals surface area (Å²) in [5.41, 5.74) is 1.04. The van der Waals surface area contributed by atoms with Crippen molar-refractivity contribution in [3.8, 4) is 6.07 Å². The number of aliphatic hydroxyl groups is 1. The van der Waals surface area contributed by atoms with E-state index in [2.05, 4.69) is 0 Å². The number of rotatable bonds is 1. The fraction of sp³-hybridized carbons (Fsp3) is 0.100. The quantitative estimate of drug-likeness (QED) is 0.780. The Labute approximate surface area is 83.8 Å². The first-order valence-electron chi connectivity index (χ1n) is 3.97. The molecule has 1 aromatic heterocycles. The van der Waals surface area contributed by atoms with Gasteiger partial charge < -0.3 is 5.11 Å². The monoisotopic (exact) mass is 207 g/mol. The van der Waals surface area contributed by atoms with Gasteiger partial charge in [0.25, 0.3) is 0 Å². The third-order valence-corrected chi connectivity index (χ3v) is 2.84. The number of fused-ring (bicyclic) bond motifs is 1. The maximum Gasteiger partial charge on any atom is 0.177 e. The van der Waals surface area contributed by atoms with Crippen LogP contribution >= 0.6 is 11.3 Å². The maximum atomic E-state index is 12.9. The van der Waals surface area contributed by atoms with Gasteiger partial charge in [0.2, 0.25) is 0 Å². The fourth-order valence-electron chi connectivity index (χ4n) is 1.35. The van der Waals surface area contributed by atoms with Crippen LogP contribution < -0.4 is 0 Å². The molecule has 2 rings (SSSR count). The summed E-state index contributed by atoms with van der Waals surface area (Å²) < 4.78 is 13.6. The summed E-state index contributed by atoms with van der Waals surface area (Å²) in [6, 6.07) is 6.61. The second kappa shape index (κ2) is 3.37. The van der Waals surface area contributed by atoms with Gasteiger partial charge >= 0.3 is 0 Å². The molecule has 1 heterocycles. The fourth-order valence-corrected chi connectivity index (χ4v) is 2.22. The Morgan fingerprint density at radius 3 is 2.86 bits per heavy atom. The largest absolute Gasteiger partial charge is 0.392 e. The van der Waals surface area contributed by atoms with Crippen LogP contribution in [0.2, 0.25) is 0 Å². The Kier molecular flexibility index (Phi) is 2.20. The van der Waals surface area contributed by atoms with Crippen molar-refractivity contribution in [2.45, 2.75) is 6.61 Å². The third kappa shape index (κ3) is 1.37. The average molecular weight is 207 g/mol. The highest BCUT2D eigenvalue weighted by Crippen LogP contribution is 2.28. The summed E-state index contributed by atoms with van der Waals surface area (Å²) in [6.45, 7) is -0.135. The highest BCUT2D eigenvalue weighted by Gasteiger charge is 2.07. The normalized spacial score (nSPS) is 10.4. The van der Waals surface area contributed by atoms with Crippen molar-refractivity contribution < 1.29 is 9.50 Å². The summed E-state index contributed by atoms with van der Waals surface area (Å²) in [7, 11) is 0. The minimum absolute atomic E-state index is 0.135. The molecule has 4 heteroatoms. The lowest BCUT2D eigenvalue weighted by Crippen LogP contribution is -1.84. The molecule has 0 amide bonds. The number of thiophene rings is 1. The number of nitriles is 1. The van der Waals surface area contributed by atoms with E-state index in [4.69, 9.17) is 10.4 Å². The van der Waals surface area contributed by atoms with Crippen molar-refractivity contribution in [1.82, 2.24) is 0 Å². The third-order valence-electron chi connectivity index (χ3n) is 1.97. The average Bonchev–Trinajstić information content (AvgIpc) is 2.56. The standard InChI is InChI=1S/C10H6FNOS/c11-10-3-8-7(4-12)1-6(5-13)2-9(8)14-10/h1-3,13H,5H2. The van der Waals surface area contributed by atoms with E-state index in [1.54, 1.807) is 12.1 Å². The molecular weight excluding hydrogens is 201 g/mol. The molecule has 2 aromatic rings. The Hall–Kier alpha value is -1.44. The van der Waals surface area contributed by atoms with E-state index in [9.17, 15) is 4.39 Å². The number of nitrogens with zero attached hydrogens (tertiary/aromatic N) is 1. The van der Waals surface area contributed by atoms with Gasteiger partial charge in [0.1, 0.15) is 0 Å². The van der Waals surface area contributed by atoms with E-state index in [0.29, 0.717) is 21.2 Å². The zero-order chi connectivity index (χ0) is 10.1. The number of benzene rings is 1. The summed E-state index contributed by atoms with van der Waals surface area (Å²) in [6.07, 6.45) is 0. The van der Waals surface area contributed by atoms with Crippen molar-refractivity contribution in [3.05, 3.63) is 34.5 Å². The van der Waals surface area contributed by atoms with Crippen LogP contribution in [0.4, 0.5) is 4.39 Å². The maximum absolute atomic E-state index is 12.9. The molecule has 0 aliphatic heterocycles. The molecule has 0 bridgehead atoms. The van der Waals surface area contributed by atoms with Gasteiger partial charge in [0.15, 0.2) is 5.13 Å². The second-order valence-corrected chi connectivity index (χ2v) is 3.91. The van der Waals surface area contributed by atoms with Crippen LogP contribution in [0, 0.1) is 16.5 Å². The van der Waals surface area contributed by atoms with Gasteiger partial charge in [0, 0.05) is 10.1 Å². The van der Waals surface area contributed by atoms with E-state index in [-0.39, 0.29) is 11.7 Å². The summed E-state index contributed by atoms with van der Waals surface area (Å²) in [4.78, 5) is 0. The van der Waals surface area contributed by atoms with Gasteiger partial charge in [-0.25, -0.2) is 0 Å². The van der Waals surface area contributed by atoms with Crippen LogP contribution in [-0.4, -0.2) is 5.11 Å². The molecule has 1 aromatic carbocycles. The van der Waals surface area contributed by atoms with Crippen LogP contribution in [0.15, 0.2) is 18.2 Å². The molecule has 14 heavy (non-hydrogen) atoms. The van der Waals surface area contributed by atoms with Crippen molar-refractivity contribution in [2.24, 2.45) is 0 Å². The number of hydrogen-bond acceptors (Lipinski definition) is 3. The topological polar surface area (TPSA) is 44.0 Å². The molecule has 0 atom stereocenters. The minimum atomic E-state index is -0.313. The first-order chi connectivity index (χ1) is 6.74. The summed E-state index contributed by atoms with van der Waals surface area (Å²) in [5, 5.41) is 18.0. The predicted molar refractivity (Wildman–Crippen MR) is 52.4 cm³/mol. The van der Waals surface area contributed by atoms with Crippen LogP contribution in [0.1, 0.15) is 11.1 Å². The Morgan fingerprint density at radius 1 is 1.43 bits per heavy atom. The van der Waals surface area contributed by atoms with Gasteiger partial charge in [-0.15, -0.1) is 11.3 Å². The first kappa shape index (κ1) is 9.13. The van der Waals surface area contributed by atoms with Crippen LogP contribution in [0.3, 0.4) is 0 Å². The summed E-state index contributed by atoms with van der Waals surface area (Å²) in [5.74, 6) is 0.